The first-order valence-corrected chi connectivity index (χ1v) is 9.82. The van der Waals surface area contributed by atoms with Crippen molar-refractivity contribution >= 4 is 5.97 Å². The van der Waals surface area contributed by atoms with E-state index in [9.17, 15) is 4.79 Å². The van der Waals surface area contributed by atoms with E-state index < -0.39 is 0 Å². The normalized spacial score (nSPS) is 18.6. The third-order valence-electron chi connectivity index (χ3n) is 5.71. The predicted molar refractivity (Wildman–Crippen MR) is 109 cm³/mol. The highest BCUT2D eigenvalue weighted by atomic mass is 16.5. The van der Waals surface area contributed by atoms with Crippen LogP contribution in [-0.4, -0.2) is 48.6 Å². The third-order valence-corrected chi connectivity index (χ3v) is 5.71. The molecule has 1 aliphatic heterocycles. The molecule has 1 heterocycles. The summed E-state index contributed by atoms with van der Waals surface area (Å²) in [5.41, 5.74) is 3.23. The van der Waals surface area contributed by atoms with E-state index in [-0.39, 0.29) is 5.97 Å². The molecule has 1 aliphatic rings. The molecule has 2 unspecified atom stereocenters. The van der Waals surface area contributed by atoms with E-state index in [1.165, 1.54) is 24.7 Å². The molecule has 0 bridgehead atoms. The van der Waals surface area contributed by atoms with Gasteiger partial charge >= 0.3 is 5.97 Å². The van der Waals surface area contributed by atoms with Crippen LogP contribution in [0.2, 0.25) is 0 Å². The number of ether oxygens (including phenoxy) is 1. The average molecular weight is 367 g/mol. The van der Waals surface area contributed by atoms with Gasteiger partial charge in [0.15, 0.2) is 0 Å². The quantitative estimate of drug-likeness (QED) is 0.690. The van der Waals surface area contributed by atoms with Gasteiger partial charge in [0.2, 0.25) is 0 Å². The van der Waals surface area contributed by atoms with Gasteiger partial charge in [-0.1, -0.05) is 49.4 Å². The summed E-state index contributed by atoms with van der Waals surface area (Å²) in [7, 11) is 1.41. The molecule has 1 fully saturated rings. The van der Waals surface area contributed by atoms with Crippen LogP contribution in [-0.2, 0) is 11.3 Å². The van der Waals surface area contributed by atoms with E-state index in [1.54, 1.807) is 0 Å². The number of esters is 1. The Morgan fingerprint density at radius 1 is 1.19 bits per heavy atom. The van der Waals surface area contributed by atoms with Gasteiger partial charge < -0.3 is 4.74 Å². The average Bonchev–Trinajstić information content (AvgIpc) is 3.22. The molecule has 3 rings (SSSR count). The molecule has 0 spiro atoms. The van der Waals surface area contributed by atoms with Crippen LogP contribution in [0.15, 0.2) is 54.6 Å². The van der Waals surface area contributed by atoms with Crippen LogP contribution < -0.4 is 0 Å². The first kappa shape index (κ1) is 19.6. The van der Waals surface area contributed by atoms with Crippen LogP contribution in [0.1, 0.15) is 47.8 Å². The highest BCUT2D eigenvalue weighted by molar-refractivity contribution is 5.89. The van der Waals surface area contributed by atoms with Crippen molar-refractivity contribution in [2.75, 3.05) is 26.7 Å². The van der Waals surface area contributed by atoms with Gasteiger partial charge in [-0.2, -0.15) is 0 Å². The Bertz CT molecular complexity index is 730. The molecule has 2 aromatic rings. The summed E-state index contributed by atoms with van der Waals surface area (Å²) in [5.74, 6) is -0.282. The molecular formula is C23H30N2O2. The lowest BCUT2D eigenvalue weighted by Crippen LogP contribution is -2.37. The summed E-state index contributed by atoms with van der Waals surface area (Å²) in [6.45, 7) is 8.71. The zero-order chi connectivity index (χ0) is 19.2. The second kappa shape index (κ2) is 9.16. The summed E-state index contributed by atoms with van der Waals surface area (Å²) in [4.78, 5) is 16.7. The molecule has 2 atom stereocenters. The first-order chi connectivity index (χ1) is 13.1. The van der Waals surface area contributed by atoms with Crippen molar-refractivity contribution in [3.8, 4) is 0 Å². The molecule has 4 nitrogen and oxygen atoms in total. The van der Waals surface area contributed by atoms with Gasteiger partial charge in [-0.25, -0.2) is 4.79 Å². The number of likely N-dealkylation sites (tertiary alicyclic amines) is 1. The van der Waals surface area contributed by atoms with Crippen molar-refractivity contribution in [1.82, 2.24) is 9.80 Å². The molecular weight excluding hydrogens is 336 g/mol. The highest BCUT2D eigenvalue weighted by Crippen LogP contribution is 2.27. The van der Waals surface area contributed by atoms with Crippen molar-refractivity contribution in [2.24, 2.45) is 0 Å². The minimum absolute atomic E-state index is 0.282. The summed E-state index contributed by atoms with van der Waals surface area (Å²) < 4.78 is 4.78. The number of hydrogen-bond donors (Lipinski definition) is 0. The SMILES string of the molecule is CCN(Cc1ccc(C(=O)OC)cc1)C1CCN(C(C)c2ccccc2)C1. The molecule has 0 amide bonds. The van der Waals surface area contributed by atoms with Gasteiger partial charge in [-0.3, -0.25) is 9.80 Å². The third kappa shape index (κ3) is 4.76. The summed E-state index contributed by atoms with van der Waals surface area (Å²) >= 11 is 0. The molecule has 4 heteroatoms. The van der Waals surface area contributed by atoms with Gasteiger partial charge in [-0.15, -0.1) is 0 Å². The summed E-state index contributed by atoms with van der Waals surface area (Å²) in [6, 6.07) is 19.6. The van der Waals surface area contributed by atoms with E-state index in [4.69, 9.17) is 4.74 Å². The number of rotatable bonds is 7. The maximum absolute atomic E-state index is 11.6. The topological polar surface area (TPSA) is 32.8 Å². The van der Waals surface area contributed by atoms with Gasteiger partial charge in [0, 0.05) is 31.7 Å². The minimum atomic E-state index is -0.282. The monoisotopic (exact) mass is 366 g/mol. The highest BCUT2D eigenvalue weighted by Gasteiger charge is 2.30. The lowest BCUT2D eigenvalue weighted by atomic mass is 10.1. The molecule has 0 aromatic heterocycles. The molecule has 2 aromatic carbocycles. The van der Waals surface area contributed by atoms with Gasteiger partial charge in [0.05, 0.1) is 12.7 Å². The van der Waals surface area contributed by atoms with Gasteiger partial charge in [0.1, 0.15) is 0 Å². The zero-order valence-corrected chi connectivity index (χ0v) is 16.6. The van der Waals surface area contributed by atoms with Gasteiger partial charge in [0.25, 0.3) is 0 Å². The van der Waals surface area contributed by atoms with Crippen molar-refractivity contribution < 1.29 is 9.53 Å². The first-order valence-electron chi connectivity index (χ1n) is 9.82. The number of hydrogen-bond acceptors (Lipinski definition) is 4. The molecule has 0 saturated carbocycles. The largest absolute Gasteiger partial charge is 0.465 e. The number of carbonyl (C=O) groups is 1. The Balaban J connectivity index is 1.60. The Hall–Kier alpha value is -2.17. The van der Waals surface area contributed by atoms with Crippen LogP contribution in [0, 0.1) is 0 Å². The number of likely N-dealkylation sites (N-methyl/N-ethyl adjacent to an activating group) is 1. The van der Waals surface area contributed by atoms with Crippen molar-refractivity contribution in [3.05, 3.63) is 71.3 Å². The number of benzene rings is 2. The Labute approximate surface area is 162 Å². The van der Waals surface area contributed by atoms with E-state index >= 15 is 0 Å². The summed E-state index contributed by atoms with van der Waals surface area (Å²) in [6.07, 6.45) is 1.20. The molecule has 1 saturated heterocycles. The summed E-state index contributed by atoms with van der Waals surface area (Å²) in [5, 5.41) is 0. The molecule has 0 aliphatic carbocycles. The molecule has 0 N–H and O–H groups in total. The lowest BCUT2D eigenvalue weighted by molar-refractivity contribution is 0.0600. The fourth-order valence-electron chi connectivity index (χ4n) is 3.96. The fraction of sp³-hybridized carbons (Fsp3) is 0.435. The van der Waals surface area contributed by atoms with Crippen molar-refractivity contribution in [2.45, 2.75) is 38.9 Å². The smallest absolute Gasteiger partial charge is 0.337 e. The molecule has 144 valence electrons. The van der Waals surface area contributed by atoms with Crippen LogP contribution in [0.5, 0.6) is 0 Å². The van der Waals surface area contributed by atoms with Crippen LogP contribution in [0.4, 0.5) is 0 Å². The van der Waals surface area contributed by atoms with Crippen LogP contribution in [0.3, 0.4) is 0 Å². The maximum Gasteiger partial charge on any atom is 0.337 e. The predicted octanol–water partition coefficient (Wildman–Crippen LogP) is 4.13. The van der Waals surface area contributed by atoms with Crippen LogP contribution in [0.25, 0.3) is 0 Å². The Morgan fingerprint density at radius 2 is 1.89 bits per heavy atom. The molecule has 27 heavy (non-hydrogen) atoms. The van der Waals surface area contributed by atoms with Crippen molar-refractivity contribution in [3.63, 3.8) is 0 Å². The zero-order valence-electron chi connectivity index (χ0n) is 16.6. The van der Waals surface area contributed by atoms with E-state index in [1.807, 2.05) is 24.3 Å². The number of nitrogens with zero attached hydrogens (tertiary/aromatic N) is 2. The maximum atomic E-state index is 11.6. The van der Waals surface area contributed by atoms with E-state index in [2.05, 4.69) is 54.0 Å². The number of carbonyl (C=O) groups excluding carboxylic acids is 1. The van der Waals surface area contributed by atoms with E-state index in [0.29, 0.717) is 17.6 Å². The molecule has 0 radical (unpaired) electrons. The van der Waals surface area contributed by atoms with E-state index in [0.717, 1.165) is 26.2 Å². The van der Waals surface area contributed by atoms with Crippen LogP contribution >= 0.6 is 0 Å². The Morgan fingerprint density at radius 3 is 2.52 bits per heavy atom. The second-order valence-electron chi connectivity index (χ2n) is 7.28. The Kier molecular flexibility index (Phi) is 6.64. The standard InChI is InChI=1S/C23H30N2O2/c1-4-24(16-19-10-12-21(13-11-19)23(26)27-3)22-14-15-25(17-22)18(2)20-8-6-5-7-9-20/h5-13,18,22H,4,14-17H2,1-3H3. The minimum Gasteiger partial charge on any atom is -0.465 e. The van der Waals surface area contributed by atoms with Gasteiger partial charge in [-0.05, 0) is 43.1 Å². The van der Waals surface area contributed by atoms with Crippen molar-refractivity contribution in [1.29, 1.82) is 0 Å². The fourth-order valence-corrected chi connectivity index (χ4v) is 3.96. The second-order valence-corrected chi connectivity index (χ2v) is 7.28. The lowest BCUT2D eigenvalue weighted by Gasteiger charge is -2.29. The number of methoxy groups -OCH3 is 1.